The number of aromatic nitrogens is 2. The van der Waals surface area contributed by atoms with Crippen molar-refractivity contribution >= 4 is 71.3 Å². The summed E-state index contributed by atoms with van der Waals surface area (Å²) in [6.45, 7) is 4.15. The number of carbonyl (C=O) groups is 3. The number of amides is 2. The van der Waals surface area contributed by atoms with Gasteiger partial charge < -0.3 is 29.5 Å². The molecule has 4 saturated heterocycles. The van der Waals surface area contributed by atoms with Crippen LogP contribution in [-0.2, 0) is 35.7 Å². The van der Waals surface area contributed by atoms with Crippen LogP contribution in [-0.4, -0.2) is 166 Å². The van der Waals surface area contributed by atoms with Gasteiger partial charge in [0.1, 0.15) is 17.9 Å². The third kappa shape index (κ3) is 10.7. The fraction of sp³-hybridized carbons (Fsp3) is 0.389. The summed E-state index contributed by atoms with van der Waals surface area (Å²) in [4.78, 5) is 56.0. The predicted molar refractivity (Wildman–Crippen MR) is 280 cm³/mol. The zero-order valence-electron chi connectivity index (χ0n) is 41.4. The second-order valence-corrected chi connectivity index (χ2v) is 23.7. The molecule has 0 bridgehead atoms. The predicted octanol–water partition coefficient (Wildman–Crippen LogP) is 5.45. The monoisotopic (exact) mass is 1050 g/mol. The first-order chi connectivity index (χ1) is 35.4. The van der Waals surface area contributed by atoms with Crippen molar-refractivity contribution < 1.29 is 45.1 Å². The van der Waals surface area contributed by atoms with Crippen molar-refractivity contribution in [3.63, 3.8) is 0 Å². The van der Waals surface area contributed by atoms with Gasteiger partial charge in [-0.15, -0.1) is 0 Å². The van der Waals surface area contributed by atoms with Crippen LogP contribution in [0, 0.1) is 11.6 Å². The number of hydrogen-bond donors (Lipinski definition) is 1. The minimum atomic E-state index is -3.33. The highest BCUT2D eigenvalue weighted by Gasteiger charge is 2.40. The Morgan fingerprint density at radius 3 is 1.34 bits per heavy atom. The number of aldehydes is 1. The fourth-order valence-electron chi connectivity index (χ4n) is 10.9. The van der Waals surface area contributed by atoms with Crippen molar-refractivity contribution in [1.29, 1.82) is 0 Å². The van der Waals surface area contributed by atoms with Gasteiger partial charge in [0.15, 0.2) is 0 Å². The van der Waals surface area contributed by atoms with E-state index in [1.54, 1.807) is 28.1 Å². The van der Waals surface area contributed by atoms with Crippen LogP contribution in [0.3, 0.4) is 0 Å². The standard InChI is InChI=1S/C27H31FN4O4S.C27H29FN4O4S/c2*1-37(35,36)32-15-13-31(14-16-32)26(34)23-18-29-24-8-7-21(28)17-22(24)25(23)30-11-9-27(19-33,10-12-30)20-5-3-2-4-6-20/h2-8,17-18,33H,9-16,19H2,1H3;2-8,17-19H,9-16H2,1H3. The van der Waals surface area contributed by atoms with E-state index >= 15 is 0 Å². The van der Waals surface area contributed by atoms with E-state index < -0.39 is 37.1 Å². The molecule has 10 rings (SSSR count). The zero-order chi connectivity index (χ0) is 52.4. The number of piperidine rings is 2. The van der Waals surface area contributed by atoms with E-state index in [2.05, 4.69) is 14.9 Å². The number of piperazine rings is 2. The number of nitrogens with zero attached hydrogens (tertiary/aromatic N) is 8. The number of sulfonamides is 2. The average Bonchev–Trinajstić information content (AvgIpc) is 3.43. The van der Waals surface area contributed by atoms with Gasteiger partial charge in [0.2, 0.25) is 20.0 Å². The van der Waals surface area contributed by atoms with Crippen molar-refractivity contribution in [3.05, 3.63) is 143 Å². The number of pyridine rings is 2. The quantitative estimate of drug-likeness (QED) is 0.172. The van der Waals surface area contributed by atoms with E-state index in [1.807, 2.05) is 65.6 Å². The minimum Gasteiger partial charge on any atom is -0.395 e. The lowest BCUT2D eigenvalue weighted by Gasteiger charge is -2.43. The van der Waals surface area contributed by atoms with Gasteiger partial charge >= 0.3 is 0 Å². The molecule has 74 heavy (non-hydrogen) atoms. The molecule has 2 aromatic heterocycles. The van der Waals surface area contributed by atoms with E-state index in [9.17, 15) is 45.1 Å². The number of anilines is 2. The Morgan fingerprint density at radius 2 is 0.959 bits per heavy atom. The zero-order valence-corrected chi connectivity index (χ0v) is 43.1. The van der Waals surface area contributed by atoms with E-state index in [-0.39, 0.29) is 76.2 Å². The van der Waals surface area contributed by atoms with E-state index in [4.69, 9.17) is 0 Å². The number of rotatable bonds is 10. The van der Waals surface area contributed by atoms with Crippen LogP contribution in [0.1, 0.15) is 57.5 Å². The fourth-order valence-corrected chi connectivity index (χ4v) is 12.6. The first kappa shape index (κ1) is 52.4. The van der Waals surface area contributed by atoms with Gasteiger partial charge in [-0.3, -0.25) is 19.6 Å². The highest BCUT2D eigenvalue weighted by atomic mass is 32.2. The number of carbonyl (C=O) groups excluding carboxylic acids is 3. The average molecular weight is 1050 g/mol. The van der Waals surface area contributed by atoms with Gasteiger partial charge in [-0.1, -0.05) is 60.7 Å². The molecule has 0 radical (unpaired) electrons. The Kier molecular flexibility index (Phi) is 15.2. The molecule has 0 atom stereocenters. The van der Waals surface area contributed by atoms with Gasteiger partial charge in [-0.05, 0) is 73.2 Å². The van der Waals surface area contributed by atoms with Gasteiger partial charge in [-0.25, -0.2) is 25.6 Å². The summed E-state index contributed by atoms with van der Waals surface area (Å²) in [5.74, 6) is -1.35. The number of aliphatic hydroxyl groups is 1. The van der Waals surface area contributed by atoms with E-state index in [0.717, 1.165) is 23.7 Å². The van der Waals surface area contributed by atoms with Crippen LogP contribution < -0.4 is 9.80 Å². The maximum atomic E-state index is 14.4. The van der Waals surface area contributed by atoms with Gasteiger partial charge in [0.25, 0.3) is 11.8 Å². The molecule has 2 amide bonds. The molecule has 390 valence electrons. The van der Waals surface area contributed by atoms with Crippen LogP contribution in [0.15, 0.2) is 109 Å². The summed E-state index contributed by atoms with van der Waals surface area (Å²) >= 11 is 0. The smallest absolute Gasteiger partial charge is 0.257 e. The SMILES string of the molecule is CS(=O)(=O)N1CCN(C(=O)c2cnc3ccc(F)cc3c2N2CCC(C=O)(c3ccccc3)CC2)CC1.CS(=O)(=O)N1CCN(C(=O)c2cnc3ccc(F)cc3c2N2CCC(CO)(c3ccccc3)CC2)CC1. The summed E-state index contributed by atoms with van der Waals surface area (Å²) in [7, 11) is -6.65. The first-order valence-electron chi connectivity index (χ1n) is 24.8. The molecular formula is C54H60F2N8O8S2. The van der Waals surface area contributed by atoms with E-state index in [1.165, 1.54) is 45.3 Å². The molecule has 0 unspecified atom stereocenters. The van der Waals surface area contributed by atoms with Crippen LogP contribution in [0.25, 0.3) is 21.8 Å². The number of halogens is 2. The van der Waals surface area contributed by atoms with Crippen molar-refractivity contribution in [1.82, 2.24) is 28.4 Å². The van der Waals surface area contributed by atoms with Gasteiger partial charge in [0.05, 0.1) is 58.1 Å². The lowest BCUT2D eigenvalue weighted by atomic mass is 9.73. The Bertz CT molecular complexity index is 3270. The van der Waals surface area contributed by atoms with Crippen LogP contribution >= 0.6 is 0 Å². The van der Waals surface area contributed by atoms with Crippen molar-refractivity contribution in [3.8, 4) is 0 Å². The molecule has 6 heterocycles. The van der Waals surface area contributed by atoms with Crippen LogP contribution in [0.2, 0.25) is 0 Å². The molecule has 20 heteroatoms. The Morgan fingerprint density at radius 1 is 0.568 bits per heavy atom. The summed E-state index contributed by atoms with van der Waals surface area (Å²) in [6, 6.07) is 28.4. The van der Waals surface area contributed by atoms with Crippen molar-refractivity contribution in [2.75, 3.05) is 107 Å². The molecule has 0 spiro atoms. The number of aliphatic hydroxyl groups excluding tert-OH is 1. The normalized spacial score (nSPS) is 18.7. The van der Waals surface area contributed by atoms with Crippen molar-refractivity contribution in [2.24, 2.45) is 0 Å². The molecule has 16 nitrogen and oxygen atoms in total. The summed E-state index contributed by atoms with van der Waals surface area (Å²) < 4.78 is 79.1. The summed E-state index contributed by atoms with van der Waals surface area (Å²) in [5.41, 5.74) is 4.20. The molecular weight excluding hydrogens is 991 g/mol. The highest BCUT2D eigenvalue weighted by Crippen LogP contribution is 2.41. The summed E-state index contributed by atoms with van der Waals surface area (Å²) in [6.07, 6.45) is 8.89. The number of fused-ring (bicyclic) bond motifs is 2. The molecule has 4 aliphatic heterocycles. The third-order valence-corrected chi connectivity index (χ3v) is 17.9. The van der Waals surface area contributed by atoms with E-state index in [0.29, 0.717) is 96.2 Å². The summed E-state index contributed by atoms with van der Waals surface area (Å²) in [5, 5.41) is 11.5. The van der Waals surface area contributed by atoms with Crippen LogP contribution in [0.5, 0.6) is 0 Å². The number of hydrogen-bond acceptors (Lipinski definition) is 12. The minimum absolute atomic E-state index is 0.0208. The molecule has 0 saturated carbocycles. The molecule has 4 aromatic carbocycles. The van der Waals surface area contributed by atoms with Crippen LogP contribution in [0.4, 0.5) is 20.2 Å². The lowest BCUT2D eigenvalue weighted by Crippen LogP contribution is -2.50. The maximum Gasteiger partial charge on any atom is 0.257 e. The first-order valence-corrected chi connectivity index (χ1v) is 28.5. The Balaban J connectivity index is 0.000000182. The Labute approximate surface area is 430 Å². The highest BCUT2D eigenvalue weighted by molar-refractivity contribution is 7.88. The third-order valence-electron chi connectivity index (χ3n) is 15.3. The second kappa shape index (κ2) is 21.4. The topological polar surface area (TPSA) is 185 Å². The largest absolute Gasteiger partial charge is 0.395 e. The molecule has 4 aliphatic rings. The number of benzene rings is 4. The second-order valence-electron chi connectivity index (χ2n) is 19.7. The van der Waals surface area contributed by atoms with Crippen molar-refractivity contribution in [2.45, 2.75) is 36.5 Å². The molecule has 0 aliphatic carbocycles. The lowest BCUT2D eigenvalue weighted by molar-refractivity contribution is -0.113. The molecule has 6 aromatic rings. The maximum absolute atomic E-state index is 14.4. The van der Waals surface area contributed by atoms with Gasteiger partial charge in [-0.2, -0.15) is 8.61 Å². The van der Waals surface area contributed by atoms with Gasteiger partial charge in [0, 0.05) is 107 Å². The molecule has 4 fully saturated rings. The molecule has 1 N–H and O–H groups in total. The Hall–Kier alpha value is -6.45.